The standard InChI is InChI=1S/C13H26O6/c1-9(2)10(15-14)11(16-18-12(3,4)5)17-19-13(6,7)8/h11,14H,1-8H3. The zero-order valence-corrected chi connectivity index (χ0v) is 13.1. The highest BCUT2D eigenvalue weighted by molar-refractivity contribution is 5.04. The molecule has 6 nitrogen and oxygen atoms in total. The van der Waals surface area contributed by atoms with Crippen LogP contribution in [0.15, 0.2) is 11.3 Å². The van der Waals surface area contributed by atoms with E-state index in [-0.39, 0.29) is 5.76 Å². The molecule has 0 aliphatic heterocycles. The van der Waals surface area contributed by atoms with Crippen molar-refractivity contribution >= 4 is 0 Å². The molecule has 19 heavy (non-hydrogen) atoms. The van der Waals surface area contributed by atoms with Crippen molar-refractivity contribution in [3.8, 4) is 0 Å². The Bertz CT molecular complexity index is 275. The van der Waals surface area contributed by atoms with Crippen LogP contribution in [0.4, 0.5) is 0 Å². The van der Waals surface area contributed by atoms with Gasteiger partial charge in [-0.2, -0.15) is 9.78 Å². The zero-order valence-electron chi connectivity index (χ0n) is 13.1. The molecule has 0 heterocycles. The second kappa shape index (κ2) is 7.21. The van der Waals surface area contributed by atoms with Crippen molar-refractivity contribution in [3.05, 3.63) is 11.3 Å². The third-order valence-electron chi connectivity index (χ3n) is 1.58. The lowest BCUT2D eigenvalue weighted by molar-refractivity contribution is -0.497. The molecule has 114 valence electrons. The van der Waals surface area contributed by atoms with Gasteiger partial charge < -0.3 is 4.89 Å². The van der Waals surface area contributed by atoms with E-state index in [0.29, 0.717) is 5.57 Å². The summed E-state index contributed by atoms with van der Waals surface area (Å²) in [6, 6.07) is 0. The van der Waals surface area contributed by atoms with Gasteiger partial charge in [0.15, 0.2) is 0 Å². The number of rotatable bonds is 6. The summed E-state index contributed by atoms with van der Waals surface area (Å²) in [6.45, 7) is 14.4. The lowest BCUT2D eigenvalue weighted by Gasteiger charge is -2.26. The fraction of sp³-hybridized carbons (Fsp3) is 0.846. The molecule has 0 fully saturated rings. The molecule has 0 rings (SSSR count). The topological polar surface area (TPSA) is 66.4 Å². The van der Waals surface area contributed by atoms with E-state index in [1.54, 1.807) is 13.8 Å². The van der Waals surface area contributed by atoms with Gasteiger partial charge in [-0.1, -0.05) is 0 Å². The van der Waals surface area contributed by atoms with Crippen LogP contribution in [0.3, 0.4) is 0 Å². The van der Waals surface area contributed by atoms with E-state index < -0.39 is 17.5 Å². The van der Waals surface area contributed by atoms with E-state index in [0.717, 1.165) is 0 Å². The van der Waals surface area contributed by atoms with Gasteiger partial charge in [-0.3, -0.25) is 0 Å². The Kier molecular flexibility index (Phi) is 6.96. The molecule has 0 aliphatic carbocycles. The molecule has 0 saturated heterocycles. The average molecular weight is 278 g/mol. The molecule has 0 unspecified atom stereocenters. The van der Waals surface area contributed by atoms with E-state index in [4.69, 9.17) is 24.8 Å². The van der Waals surface area contributed by atoms with E-state index in [9.17, 15) is 0 Å². The van der Waals surface area contributed by atoms with E-state index in [2.05, 4.69) is 4.89 Å². The third kappa shape index (κ3) is 8.96. The van der Waals surface area contributed by atoms with Crippen LogP contribution in [0, 0.1) is 0 Å². The van der Waals surface area contributed by atoms with Gasteiger partial charge in [0.1, 0.15) is 0 Å². The quantitative estimate of drug-likeness (QED) is 0.346. The monoisotopic (exact) mass is 278 g/mol. The van der Waals surface area contributed by atoms with Gasteiger partial charge in [-0.05, 0) is 61.0 Å². The van der Waals surface area contributed by atoms with Gasteiger partial charge in [-0.15, -0.1) is 0 Å². The van der Waals surface area contributed by atoms with Gasteiger partial charge >= 0.3 is 0 Å². The molecule has 0 atom stereocenters. The Labute approximate surface area is 115 Å². The predicted octanol–water partition coefficient (Wildman–Crippen LogP) is 3.59. The first-order valence-corrected chi connectivity index (χ1v) is 6.14. The van der Waals surface area contributed by atoms with Gasteiger partial charge in [-0.25, -0.2) is 15.0 Å². The molecule has 0 amide bonds. The maximum Gasteiger partial charge on any atom is 0.284 e. The molecular weight excluding hydrogens is 252 g/mol. The van der Waals surface area contributed by atoms with Crippen LogP contribution in [-0.2, 0) is 24.4 Å². The van der Waals surface area contributed by atoms with Crippen molar-refractivity contribution in [1.82, 2.24) is 0 Å². The Balaban J connectivity index is 4.79. The van der Waals surface area contributed by atoms with Crippen molar-refractivity contribution < 1.29 is 29.7 Å². The highest BCUT2D eigenvalue weighted by atomic mass is 17.3. The van der Waals surface area contributed by atoms with Crippen molar-refractivity contribution in [2.75, 3.05) is 0 Å². The summed E-state index contributed by atoms with van der Waals surface area (Å²) in [4.78, 5) is 24.8. The van der Waals surface area contributed by atoms with Gasteiger partial charge in [0.25, 0.3) is 6.29 Å². The van der Waals surface area contributed by atoms with Crippen LogP contribution >= 0.6 is 0 Å². The molecule has 0 radical (unpaired) electrons. The molecule has 6 heteroatoms. The Morgan fingerprint density at radius 1 is 0.842 bits per heavy atom. The van der Waals surface area contributed by atoms with Gasteiger partial charge in [0.2, 0.25) is 5.76 Å². The van der Waals surface area contributed by atoms with E-state index in [1.807, 2.05) is 41.5 Å². The molecule has 1 N–H and O–H groups in total. The Morgan fingerprint density at radius 3 is 1.42 bits per heavy atom. The predicted molar refractivity (Wildman–Crippen MR) is 69.7 cm³/mol. The summed E-state index contributed by atoms with van der Waals surface area (Å²) in [7, 11) is 0. The second-order valence-electron chi connectivity index (χ2n) is 6.37. The first-order chi connectivity index (χ1) is 8.46. The highest BCUT2D eigenvalue weighted by Gasteiger charge is 2.27. The summed E-state index contributed by atoms with van der Waals surface area (Å²) < 4.78 is 0. The Hall–Kier alpha value is -0.660. The summed E-state index contributed by atoms with van der Waals surface area (Å²) in [5, 5.41) is 8.90. The molecule has 0 aromatic rings. The summed E-state index contributed by atoms with van der Waals surface area (Å²) in [5.74, 6) is 0.0773. The highest BCUT2D eigenvalue weighted by Crippen LogP contribution is 2.20. The smallest absolute Gasteiger partial charge is 0.284 e. The summed E-state index contributed by atoms with van der Waals surface area (Å²) >= 11 is 0. The van der Waals surface area contributed by atoms with E-state index in [1.165, 1.54) is 0 Å². The van der Waals surface area contributed by atoms with Crippen LogP contribution in [0.25, 0.3) is 0 Å². The van der Waals surface area contributed by atoms with Crippen LogP contribution in [0.1, 0.15) is 55.4 Å². The minimum atomic E-state index is -1.12. The van der Waals surface area contributed by atoms with Gasteiger partial charge in [0, 0.05) is 0 Å². The first kappa shape index (κ1) is 18.3. The number of hydrogen-bond donors (Lipinski definition) is 1. The maximum atomic E-state index is 8.90. The molecule has 0 aromatic carbocycles. The lowest BCUT2D eigenvalue weighted by Crippen LogP contribution is -2.31. The van der Waals surface area contributed by atoms with Crippen molar-refractivity contribution in [3.63, 3.8) is 0 Å². The molecule has 0 aromatic heterocycles. The van der Waals surface area contributed by atoms with Crippen molar-refractivity contribution in [2.45, 2.75) is 72.9 Å². The first-order valence-electron chi connectivity index (χ1n) is 6.14. The molecular formula is C13H26O6. The fourth-order valence-electron chi connectivity index (χ4n) is 0.850. The summed E-state index contributed by atoms with van der Waals surface area (Å²) in [6.07, 6.45) is -1.12. The van der Waals surface area contributed by atoms with Crippen LogP contribution < -0.4 is 0 Å². The largest absolute Gasteiger partial charge is 0.339 e. The minimum absolute atomic E-state index is 0.0773. The van der Waals surface area contributed by atoms with E-state index >= 15 is 0 Å². The molecule has 0 aliphatic rings. The Morgan fingerprint density at radius 2 is 1.21 bits per heavy atom. The summed E-state index contributed by atoms with van der Waals surface area (Å²) in [5.41, 5.74) is -0.403. The molecule has 0 bridgehead atoms. The second-order valence-corrected chi connectivity index (χ2v) is 6.37. The normalized spacial score (nSPS) is 12.7. The fourth-order valence-corrected chi connectivity index (χ4v) is 0.850. The van der Waals surface area contributed by atoms with Gasteiger partial charge in [0.05, 0.1) is 11.2 Å². The van der Waals surface area contributed by atoms with Crippen molar-refractivity contribution in [2.24, 2.45) is 0 Å². The third-order valence-corrected chi connectivity index (χ3v) is 1.58. The SMILES string of the molecule is CC(C)=C(OO)C(OOC(C)(C)C)OOC(C)(C)C. The molecule has 0 spiro atoms. The van der Waals surface area contributed by atoms with Crippen LogP contribution in [0.5, 0.6) is 0 Å². The lowest BCUT2D eigenvalue weighted by atomic mass is 10.2. The van der Waals surface area contributed by atoms with Crippen LogP contribution in [0.2, 0.25) is 0 Å². The number of allylic oxidation sites excluding steroid dienone is 1. The number of hydrogen-bond acceptors (Lipinski definition) is 6. The minimum Gasteiger partial charge on any atom is -0.339 e. The maximum absolute atomic E-state index is 8.90. The molecule has 0 saturated carbocycles. The van der Waals surface area contributed by atoms with Crippen LogP contribution in [-0.4, -0.2) is 22.7 Å². The average Bonchev–Trinajstić information content (AvgIpc) is 2.18. The zero-order chi connectivity index (χ0) is 15.3. The van der Waals surface area contributed by atoms with Crippen molar-refractivity contribution in [1.29, 1.82) is 0 Å².